The van der Waals surface area contributed by atoms with Gasteiger partial charge in [-0.15, -0.1) is 0 Å². The fraction of sp³-hybridized carbons (Fsp3) is 0.368. The van der Waals surface area contributed by atoms with Crippen LogP contribution in [-0.4, -0.2) is 32.8 Å². The van der Waals surface area contributed by atoms with Crippen molar-refractivity contribution in [2.75, 3.05) is 7.11 Å². The molecule has 2 N–H and O–H groups in total. The molecule has 0 aliphatic rings. The molecule has 1 atom stereocenters. The first-order chi connectivity index (χ1) is 12.3. The molecule has 1 unspecified atom stereocenters. The Balaban J connectivity index is 2.06. The number of hydrogen-bond acceptors (Lipinski definition) is 5. The van der Waals surface area contributed by atoms with Crippen molar-refractivity contribution in [1.82, 2.24) is 19.7 Å². The SMILES string of the molecule is COC(c1cccc(-n2ncc3cnc(CC(N)=O)cc32)n1)C(C)(C)C. The van der Waals surface area contributed by atoms with Crippen molar-refractivity contribution in [2.24, 2.45) is 11.1 Å². The Hall–Kier alpha value is -2.80. The van der Waals surface area contributed by atoms with Crippen LogP contribution in [0.1, 0.15) is 38.3 Å². The maximum absolute atomic E-state index is 11.2. The minimum absolute atomic E-state index is 0.0877. The second-order valence-electron chi connectivity index (χ2n) is 7.34. The van der Waals surface area contributed by atoms with E-state index in [1.165, 1.54) is 0 Å². The summed E-state index contributed by atoms with van der Waals surface area (Å²) in [6, 6.07) is 7.60. The van der Waals surface area contributed by atoms with Crippen LogP contribution in [0.15, 0.2) is 36.7 Å². The van der Waals surface area contributed by atoms with Crippen LogP contribution in [0.2, 0.25) is 0 Å². The molecule has 0 spiro atoms. The second kappa shape index (κ2) is 6.84. The highest BCUT2D eigenvalue weighted by atomic mass is 16.5. The normalized spacial score (nSPS) is 13.1. The number of aromatic nitrogens is 4. The van der Waals surface area contributed by atoms with Crippen molar-refractivity contribution in [3.63, 3.8) is 0 Å². The van der Waals surface area contributed by atoms with E-state index in [2.05, 4.69) is 30.9 Å². The molecule has 7 nitrogen and oxygen atoms in total. The number of hydrogen-bond donors (Lipinski definition) is 1. The van der Waals surface area contributed by atoms with Crippen LogP contribution in [0, 0.1) is 5.41 Å². The van der Waals surface area contributed by atoms with Crippen LogP contribution in [0.3, 0.4) is 0 Å². The van der Waals surface area contributed by atoms with Gasteiger partial charge in [-0.05, 0) is 23.6 Å². The summed E-state index contributed by atoms with van der Waals surface area (Å²) in [7, 11) is 1.69. The van der Waals surface area contributed by atoms with E-state index >= 15 is 0 Å². The van der Waals surface area contributed by atoms with Crippen LogP contribution >= 0.6 is 0 Å². The molecule has 3 rings (SSSR count). The first kappa shape index (κ1) is 18.0. The Morgan fingerprint density at radius 1 is 1.31 bits per heavy atom. The summed E-state index contributed by atoms with van der Waals surface area (Å²) >= 11 is 0. The topological polar surface area (TPSA) is 95.9 Å². The zero-order valence-electron chi connectivity index (χ0n) is 15.4. The highest BCUT2D eigenvalue weighted by molar-refractivity contribution is 5.81. The summed E-state index contributed by atoms with van der Waals surface area (Å²) < 4.78 is 7.41. The molecule has 1 amide bonds. The van der Waals surface area contributed by atoms with Gasteiger partial charge < -0.3 is 10.5 Å². The van der Waals surface area contributed by atoms with Gasteiger partial charge in [0.15, 0.2) is 5.82 Å². The van der Waals surface area contributed by atoms with Gasteiger partial charge in [-0.1, -0.05) is 26.8 Å². The number of primary amides is 1. The monoisotopic (exact) mass is 353 g/mol. The fourth-order valence-electron chi connectivity index (χ4n) is 3.04. The third-order valence-corrected chi connectivity index (χ3v) is 4.13. The zero-order valence-corrected chi connectivity index (χ0v) is 15.4. The minimum Gasteiger partial charge on any atom is -0.375 e. The number of pyridine rings is 2. The fourth-order valence-corrected chi connectivity index (χ4v) is 3.04. The molecule has 3 aromatic rings. The summed E-state index contributed by atoms with van der Waals surface area (Å²) in [5.74, 6) is 0.260. The molecule has 0 aliphatic heterocycles. The Kier molecular flexibility index (Phi) is 4.73. The lowest BCUT2D eigenvalue weighted by Gasteiger charge is -2.29. The van der Waals surface area contributed by atoms with Crippen LogP contribution < -0.4 is 5.73 Å². The molecule has 3 heterocycles. The van der Waals surface area contributed by atoms with E-state index in [0.717, 1.165) is 16.6 Å². The molecular formula is C19H23N5O2. The number of fused-ring (bicyclic) bond motifs is 1. The third kappa shape index (κ3) is 3.57. The zero-order chi connectivity index (χ0) is 18.9. The van der Waals surface area contributed by atoms with Gasteiger partial charge in [0.1, 0.15) is 6.10 Å². The molecule has 136 valence electrons. The number of nitrogens with zero attached hydrogens (tertiary/aromatic N) is 4. The van der Waals surface area contributed by atoms with Gasteiger partial charge in [0.2, 0.25) is 5.91 Å². The van der Waals surface area contributed by atoms with E-state index in [4.69, 9.17) is 15.5 Å². The molecule has 0 bridgehead atoms. The lowest BCUT2D eigenvalue weighted by molar-refractivity contribution is -0.117. The number of carbonyl (C=O) groups is 1. The van der Waals surface area contributed by atoms with Gasteiger partial charge >= 0.3 is 0 Å². The minimum atomic E-state index is -0.420. The maximum Gasteiger partial charge on any atom is 0.223 e. The van der Waals surface area contributed by atoms with Crippen molar-refractivity contribution in [2.45, 2.75) is 33.3 Å². The Morgan fingerprint density at radius 2 is 2.08 bits per heavy atom. The first-order valence-corrected chi connectivity index (χ1v) is 8.40. The Morgan fingerprint density at radius 3 is 2.73 bits per heavy atom. The molecule has 26 heavy (non-hydrogen) atoms. The van der Waals surface area contributed by atoms with Gasteiger partial charge in [-0.2, -0.15) is 5.10 Å². The number of rotatable bonds is 5. The Bertz CT molecular complexity index is 942. The first-order valence-electron chi connectivity index (χ1n) is 8.40. The average Bonchev–Trinajstić information content (AvgIpc) is 2.97. The quantitative estimate of drug-likeness (QED) is 0.760. The predicted molar refractivity (Wildman–Crippen MR) is 98.8 cm³/mol. The highest BCUT2D eigenvalue weighted by Gasteiger charge is 2.27. The summed E-state index contributed by atoms with van der Waals surface area (Å²) in [6.45, 7) is 6.34. The molecular weight excluding hydrogens is 330 g/mol. The second-order valence-corrected chi connectivity index (χ2v) is 7.34. The van der Waals surface area contributed by atoms with Gasteiger partial charge in [0.05, 0.1) is 29.5 Å². The number of methoxy groups -OCH3 is 1. The standard InChI is InChI=1S/C19H23N5O2/c1-19(2,3)18(26-4)14-6-5-7-17(23-14)24-15-8-13(9-16(20)25)21-10-12(15)11-22-24/h5-8,10-11,18H,9H2,1-4H3,(H2,20,25). The van der Waals surface area contributed by atoms with E-state index in [1.54, 1.807) is 24.2 Å². The number of ether oxygens (including phenoxy) is 1. The molecule has 0 saturated heterocycles. The van der Waals surface area contributed by atoms with Crippen LogP contribution in [-0.2, 0) is 16.0 Å². The summed E-state index contributed by atoms with van der Waals surface area (Å²) in [5, 5.41) is 5.30. The number of nitrogens with two attached hydrogens (primary N) is 1. The van der Waals surface area contributed by atoms with E-state index < -0.39 is 5.91 Å². The van der Waals surface area contributed by atoms with Gasteiger partial charge in [-0.25, -0.2) is 9.67 Å². The van der Waals surface area contributed by atoms with Crippen molar-refractivity contribution >= 4 is 16.8 Å². The highest BCUT2D eigenvalue weighted by Crippen LogP contribution is 2.34. The molecule has 0 radical (unpaired) electrons. The van der Waals surface area contributed by atoms with E-state index in [0.29, 0.717) is 11.5 Å². The maximum atomic E-state index is 11.2. The van der Waals surface area contributed by atoms with Crippen molar-refractivity contribution < 1.29 is 9.53 Å². The van der Waals surface area contributed by atoms with Gasteiger partial charge in [0.25, 0.3) is 0 Å². The lowest BCUT2D eigenvalue weighted by atomic mass is 9.87. The van der Waals surface area contributed by atoms with Gasteiger partial charge in [0, 0.05) is 18.7 Å². The Labute approximate surface area is 152 Å². The smallest absolute Gasteiger partial charge is 0.223 e. The molecule has 0 saturated carbocycles. The largest absolute Gasteiger partial charge is 0.375 e. The van der Waals surface area contributed by atoms with Crippen molar-refractivity contribution in [1.29, 1.82) is 0 Å². The summed E-state index contributed by atoms with van der Waals surface area (Å²) in [4.78, 5) is 20.2. The summed E-state index contributed by atoms with van der Waals surface area (Å²) in [5.41, 5.74) is 7.45. The van der Waals surface area contributed by atoms with Crippen molar-refractivity contribution in [3.8, 4) is 5.82 Å². The number of amides is 1. The number of carbonyl (C=O) groups excluding carboxylic acids is 1. The molecule has 0 aliphatic carbocycles. The lowest BCUT2D eigenvalue weighted by Crippen LogP contribution is -2.21. The van der Waals surface area contributed by atoms with Crippen molar-refractivity contribution in [3.05, 3.63) is 48.0 Å². The third-order valence-electron chi connectivity index (χ3n) is 4.13. The molecule has 0 fully saturated rings. The van der Waals surface area contributed by atoms with Crippen LogP contribution in [0.25, 0.3) is 16.7 Å². The van der Waals surface area contributed by atoms with Crippen LogP contribution in [0.4, 0.5) is 0 Å². The van der Waals surface area contributed by atoms with E-state index in [1.807, 2.05) is 24.3 Å². The average molecular weight is 353 g/mol. The summed E-state index contributed by atoms with van der Waals surface area (Å²) in [6.07, 6.45) is 3.36. The van der Waals surface area contributed by atoms with Gasteiger partial charge in [-0.3, -0.25) is 9.78 Å². The van der Waals surface area contributed by atoms with Crippen LogP contribution in [0.5, 0.6) is 0 Å². The molecule has 7 heteroatoms. The predicted octanol–water partition coefficient (Wildman–Crippen LogP) is 2.58. The molecule has 0 aromatic carbocycles. The van der Waals surface area contributed by atoms with E-state index in [-0.39, 0.29) is 17.9 Å². The van der Waals surface area contributed by atoms with E-state index in [9.17, 15) is 4.79 Å². The molecule has 3 aromatic heterocycles.